The van der Waals surface area contributed by atoms with E-state index < -0.39 is 5.56 Å². The van der Waals surface area contributed by atoms with Crippen molar-refractivity contribution < 1.29 is 0 Å². The fourth-order valence-electron chi connectivity index (χ4n) is 6.11. The Bertz CT molecular complexity index is 2200. The third-order valence-electron chi connectivity index (χ3n) is 8.00. The first-order chi connectivity index (χ1) is 21.5. The van der Waals surface area contributed by atoms with Gasteiger partial charge in [-0.2, -0.15) is 9.78 Å². The van der Waals surface area contributed by atoms with Crippen molar-refractivity contribution in [3.05, 3.63) is 166 Å². The molecular weight excluding hydrogens is 583 g/mol. The molecule has 0 aliphatic rings. The lowest BCUT2D eigenvalue weighted by Crippen LogP contribution is -2.22. The minimum absolute atomic E-state index is 0.0656. The summed E-state index contributed by atoms with van der Waals surface area (Å²) in [4.78, 5) is 13.6. The van der Waals surface area contributed by atoms with Crippen LogP contribution >= 0.6 is 23.2 Å². The van der Waals surface area contributed by atoms with Crippen LogP contribution in [0.25, 0.3) is 61.0 Å². The average Bonchev–Trinajstić information content (AvgIpc) is 3.08. The molecule has 0 N–H and O–H groups in total. The third-order valence-corrected chi connectivity index (χ3v) is 8.74. The van der Waals surface area contributed by atoms with Gasteiger partial charge in [-0.3, -0.25) is 4.79 Å². The number of aromatic nitrogens is 2. The van der Waals surface area contributed by atoms with Crippen LogP contribution in [0.3, 0.4) is 0 Å². The number of halogens is 2. The van der Waals surface area contributed by atoms with Crippen molar-refractivity contribution in [2.24, 2.45) is 0 Å². The summed E-state index contributed by atoms with van der Waals surface area (Å²) in [6.07, 6.45) is 1.42. The molecule has 1 heterocycles. The average molecular weight is 610 g/mol. The largest absolute Gasteiger partial charge is 0.291 e. The van der Waals surface area contributed by atoms with E-state index in [0.717, 1.165) is 60.8 Å². The van der Waals surface area contributed by atoms with Crippen molar-refractivity contribution in [2.45, 2.75) is 6.92 Å². The van der Waals surface area contributed by atoms with Gasteiger partial charge in [0.2, 0.25) is 0 Å². The van der Waals surface area contributed by atoms with Crippen molar-refractivity contribution in [2.75, 3.05) is 0 Å². The molecule has 1 aromatic heterocycles. The predicted molar refractivity (Wildman–Crippen MR) is 184 cm³/mol. The minimum atomic E-state index is -0.474. The maximum absolute atomic E-state index is 13.6. The van der Waals surface area contributed by atoms with Gasteiger partial charge in [0.05, 0.1) is 16.9 Å². The van der Waals surface area contributed by atoms with Crippen molar-refractivity contribution in [3.8, 4) is 50.2 Å². The van der Waals surface area contributed by atoms with E-state index in [9.17, 15) is 4.79 Å². The van der Waals surface area contributed by atoms with Gasteiger partial charge in [-0.25, -0.2) is 0 Å². The number of hydrogen-bond acceptors (Lipinski definition) is 2. The van der Waals surface area contributed by atoms with Crippen molar-refractivity contribution >= 4 is 34.0 Å². The lowest BCUT2D eigenvalue weighted by molar-refractivity contribution is 0.813. The molecule has 5 heteroatoms. The van der Waals surface area contributed by atoms with Gasteiger partial charge in [-0.1, -0.05) is 151 Å². The molecule has 44 heavy (non-hydrogen) atoms. The molecule has 212 valence electrons. The first-order valence-corrected chi connectivity index (χ1v) is 15.1. The fraction of sp³-hybridized carbons (Fsp3) is 0.0256. The molecule has 0 atom stereocenters. The quantitative estimate of drug-likeness (QED) is 0.195. The van der Waals surface area contributed by atoms with E-state index in [0.29, 0.717) is 5.69 Å². The Morgan fingerprint density at radius 1 is 0.523 bits per heavy atom. The molecule has 7 rings (SSSR count). The van der Waals surface area contributed by atoms with Crippen LogP contribution in [0.15, 0.2) is 144 Å². The molecule has 0 fully saturated rings. The smallest absolute Gasteiger partial charge is 0.266 e. The van der Waals surface area contributed by atoms with Crippen LogP contribution in [-0.2, 0) is 0 Å². The van der Waals surface area contributed by atoms with E-state index in [1.54, 1.807) is 0 Å². The van der Waals surface area contributed by atoms with Crippen LogP contribution in [0.4, 0.5) is 0 Å². The summed E-state index contributed by atoms with van der Waals surface area (Å²) in [6.45, 7) is 2.12. The molecule has 0 aliphatic heterocycles. The molecule has 0 bridgehead atoms. The monoisotopic (exact) mass is 608 g/mol. The van der Waals surface area contributed by atoms with E-state index in [1.165, 1.54) is 10.9 Å². The zero-order chi connectivity index (χ0) is 30.2. The molecule has 0 saturated heterocycles. The molecule has 0 radical (unpaired) electrons. The van der Waals surface area contributed by atoms with Crippen molar-refractivity contribution in [3.63, 3.8) is 0 Å². The fourth-order valence-corrected chi connectivity index (χ4v) is 6.36. The van der Waals surface area contributed by atoms with Gasteiger partial charge < -0.3 is 0 Å². The van der Waals surface area contributed by atoms with Crippen LogP contribution in [0.1, 0.15) is 5.56 Å². The molecule has 0 saturated carbocycles. The Hall–Kier alpha value is -4.96. The number of rotatable bonds is 5. The Morgan fingerprint density at radius 3 is 1.39 bits per heavy atom. The summed E-state index contributed by atoms with van der Waals surface area (Å²) < 4.78 is 1.37. The Morgan fingerprint density at radius 2 is 0.932 bits per heavy atom. The summed E-state index contributed by atoms with van der Waals surface area (Å²) in [5, 5.41) is 6.49. The highest BCUT2D eigenvalue weighted by atomic mass is 35.5. The molecule has 0 spiro atoms. The first-order valence-electron chi connectivity index (χ1n) is 14.3. The summed E-state index contributed by atoms with van der Waals surface area (Å²) in [5.41, 5.74) is 9.74. The molecular formula is C39H26Cl2N2O. The SMILES string of the molecule is Cc1ccc(-n2ncc(Cl)c(Cl)c2=O)c2c(-c3ccccc3)c(-c3ccccc3)c(-c3ccccc3)c(-c3ccccc3)c12. The van der Waals surface area contributed by atoms with Gasteiger partial charge in [-0.05, 0) is 62.9 Å². The lowest BCUT2D eigenvalue weighted by Gasteiger charge is -2.26. The molecule has 6 aromatic carbocycles. The van der Waals surface area contributed by atoms with Crippen LogP contribution in [0, 0.1) is 6.92 Å². The number of benzene rings is 6. The maximum atomic E-state index is 13.6. The third kappa shape index (κ3) is 4.71. The minimum Gasteiger partial charge on any atom is -0.266 e. The summed E-state index contributed by atoms with van der Waals surface area (Å²) in [6, 6.07) is 45.8. The molecule has 0 amide bonds. The van der Waals surface area contributed by atoms with E-state index in [1.807, 2.05) is 48.5 Å². The highest BCUT2D eigenvalue weighted by Gasteiger charge is 2.27. The summed E-state index contributed by atoms with van der Waals surface area (Å²) in [5.74, 6) is 0. The molecule has 7 aromatic rings. The summed E-state index contributed by atoms with van der Waals surface area (Å²) >= 11 is 12.7. The topological polar surface area (TPSA) is 34.9 Å². The zero-order valence-electron chi connectivity index (χ0n) is 23.8. The van der Waals surface area contributed by atoms with Gasteiger partial charge >= 0.3 is 0 Å². The van der Waals surface area contributed by atoms with Crippen LogP contribution in [0.5, 0.6) is 0 Å². The second-order valence-electron chi connectivity index (χ2n) is 10.6. The number of aryl methyl sites for hydroxylation is 1. The van der Waals surface area contributed by atoms with Crippen LogP contribution in [0.2, 0.25) is 10.0 Å². The van der Waals surface area contributed by atoms with Gasteiger partial charge in [-0.15, -0.1) is 0 Å². The van der Waals surface area contributed by atoms with Crippen LogP contribution in [-0.4, -0.2) is 9.78 Å². The molecule has 3 nitrogen and oxygen atoms in total. The number of fused-ring (bicyclic) bond motifs is 1. The highest BCUT2D eigenvalue weighted by Crippen LogP contribution is 2.52. The van der Waals surface area contributed by atoms with Gasteiger partial charge in [0, 0.05) is 10.9 Å². The standard InChI is InChI=1S/C39H26Cl2N2O/c1-25-22-23-31(43-39(44)38(41)30(40)24-42-43)37-32(25)33(26-14-6-2-7-15-26)34(27-16-8-3-9-17-27)35(28-18-10-4-11-19-28)36(37)29-20-12-5-13-21-29/h2-24H,1H3. The van der Waals surface area contributed by atoms with E-state index in [4.69, 9.17) is 23.2 Å². The van der Waals surface area contributed by atoms with Gasteiger partial charge in [0.15, 0.2) is 0 Å². The first kappa shape index (κ1) is 27.8. The summed E-state index contributed by atoms with van der Waals surface area (Å²) in [7, 11) is 0. The Labute approximate surface area is 265 Å². The zero-order valence-corrected chi connectivity index (χ0v) is 25.3. The Balaban J connectivity index is 1.83. The predicted octanol–water partition coefficient (Wildman–Crippen LogP) is 10.7. The normalized spacial score (nSPS) is 11.2. The van der Waals surface area contributed by atoms with Gasteiger partial charge in [0.1, 0.15) is 5.02 Å². The number of nitrogens with zero attached hydrogens (tertiary/aromatic N) is 2. The second-order valence-corrected chi connectivity index (χ2v) is 11.4. The Kier molecular flexibility index (Phi) is 7.35. The van der Waals surface area contributed by atoms with Crippen LogP contribution < -0.4 is 5.56 Å². The van der Waals surface area contributed by atoms with E-state index >= 15 is 0 Å². The highest BCUT2D eigenvalue weighted by molar-refractivity contribution is 6.41. The molecule has 0 unspecified atom stereocenters. The molecule has 0 aliphatic carbocycles. The maximum Gasteiger partial charge on any atom is 0.291 e. The van der Waals surface area contributed by atoms with Gasteiger partial charge in [0.25, 0.3) is 5.56 Å². The number of hydrogen-bond donors (Lipinski definition) is 0. The van der Waals surface area contributed by atoms with E-state index in [-0.39, 0.29) is 10.0 Å². The van der Waals surface area contributed by atoms with Crippen molar-refractivity contribution in [1.82, 2.24) is 9.78 Å². The van der Waals surface area contributed by atoms with E-state index in [2.05, 4.69) is 97.0 Å². The van der Waals surface area contributed by atoms with Crippen molar-refractivity contribution in [1.29, 1.82) is 0 Å². The lowest BCUT2D eigenvalue weighted by atomic mass is 9.77. The second kappa shape index (κ2) is 11.6.